The van der Waals surface area contributed by atoms with E-state index in [2.05, 4.69) is 45.1 Å². The first-order valence-corrected chi connectivity index (χ1v) is 8.09. The van der Waals surface area contributed by atoms with Gasteiger partial charge in [-0.1, -0.05) is 22.4 Å². The number of piperidine rings is 1. The van der Waals surface area contributed by atoms with Crippen LogP contribution in [0.1, 0.15) is 44.9 Å². The first-order valence-electron chi connectivity index (χ1n) is 7.30. The SMILES string of the molecule is O=C1CCCCC23CCCC12N3c1ccc(Br)cc1. The molecule has 1 heterocycles. The molecule has 0 N–H and O–H groups in total. The maximum absolute atomic E-state index is 12.7. The number of rotatable bonds is 1. The lowest BCUT2D eigenvalue weighted by Crippen LogP contribution is -2.29. The molecule has 2 aliphatic carbocycles. The number of anilines is 1. The summed E-state index contributed by atoms with van der Waals surface area (Å²) in [7, 11) is 0. The van der Waals surface area contributed by atoms with Crippen LogP contribution in [0.25, 0.3) is 0 Å². The lowest BCUT2D eigenvalue weighted by atomic mass is 9.91. The molecule has 100 valence electrons. The van der Waals surface area contributed by atoms with E-state index >= 15 is 0 Å². The van der Waals surface area contributed by atoms with Gasteiger partial charge in [-0.3, -0.25) is 4.79 Å². The number of carbonyl (C=O) groups excluding carboxylic acids is 1. The molecule has 1 aromatic carbocycles. The molecule has 3 aliphatic rings. The minimum atomic E-state index is -0.128. The minimum Gasteiger partial charge on any atom is -0.348 e. The Kier molecular flexibility index (Phi) is 2.42. The van der Waals surface area contributed by atoms with Crippen molar-refractivity contribution in [3.63, 3.8) is 0 Å². The third kappa shape index (κ3) is 1.35. The third-order valence-electron chi connectivity index (χ3n) is 5.45. The monoisotopic (exact) mass is 319 g/mol. The molecule has 3 fully saturated rings. The average Bonchev–Trinajstić information content (AvgIpc) is 2.84. The summed E-state index contributed by atoms with van der Waals surface area (Å²) in [5.74, 6) is 0.505. The molecule has 0 spiro atoms. The van der Waals surface area contributed by atoms with Crippen molar-refractivity contribution in [1.29, 1.82) is 0 Å². The summed E-state index contributed by atoms with van der Waals surface area (Å²) in [6.45, 7) is 0. The van der Waals surface area contributed by atoms with Gasteiger partial charge in [-0.2, -0.15) is 0 Å². The molecule has 19 heavy (non-hydrogen) atoms. The van der Waals surface area contributed by atoms with E-state index in [1.54, 1.807) is 0 Å². The zero-order valence-corrected chi connectivity index (χ0v) is 12.6. The van der Waals surface area contributed by atoms with Crippen molar-refractivity contribution >= 4 is 27.4 Å². The molecule has 2 atom stereocenters. The lowest BCUT2D eigenvalue weighted by Gasteiger charge is -2.19. The highest BCUT2D eigenvalue weighted by atomic mass is 79.9. The van der Waals surface area contributed by atoms with E-state index in [9.17, 15) is 4.79 Å². The fourth-order valence-electron chi connectivity index (χ4n) is 4.74. The Morgan fingerprint density at radius 3 is 2.53 bits per heavy atom. The Labute approximate surface area is 122 Å². The maximum Gasteiger partial charge on any atom is 0.160 e. The summed E-state index contributed by atoms with van der Waals surface area (Å²) in [4.78, 5) is 15.1. The molecule has 0 radical (unpaired) electrons. The number of nitrogens with zero attached hydrogens (tertiary/aromatic N) is 1. The van der Waals surface area contributed by atoms with E-state index in [1.807, 2.05) is 0 Å². The molecule has 1 saturated heterocycles. The Hall–Kier alpha value is -0.830. The fourth-order valence-corrected chi connectivity index (χ4v) is 5.01. The predicted molar refractivity (Wildman–Crippen MR) is 79.4 cm³/mol. The van der Waals surface area contributed by atoms with Crippen molar-refractivity contribution in [3.05, 3.63) is 28.7 Å². The smallest absolute Gasteiger partial charge is 0.160 e. The second-order valence-electron chi connectivity index (χ2n) is 6.19. The number of hydrogen-bond acceptors (Lipinski definition) is 2. The van der Waals surface area contributed by atoms with Gasteiger partial charge < -0.3 is 4.90 Å². The van der Waals surface area contributed by atoms with Crippen LogP contribution in [0.15, 0.2) is 28.7 Å². The standard InChI is InChI=1S/C16H18BrNO/c17-12-5-7-13(8-6-12)18-15-9-2-1-4-14(19)16(15,18)11-3-10-15/h5-8H,1-4,9-11H2. The molecular weight excluding hydrogens is 302 g/mol. The maximum atomic E-state index is 12.7. The second-order valence-corrected chi connectivity index (χ2v) is 7.10. The van der Waals surface area contributed by atoms with Crippen molar-refractivity contribution in [2.24, 2.45) is 0 Å². The molecule has 2 saturated carbocycles. The van der Waals surface area contributed by atoms with Crippen LogP contribution in [0, 0.1) is 0 Å². The highest BCUT2D eigenvalue weighted by Crippen LogP contribution is 2.67. The average molecular weight is 320 g/mol. The van der Waals surface area contributed by atoms with Gasteiger partial charge in [0.05, 0.1) is 5.54 Å². The molecule has 0 aromatic heterocycles. The van der Waals surface area contributed by atoms with Gasteiger partial charge in [0, 0.05) is 16.6 Å². The highest BCUT2D eigenvalue weighted by Gasteiger charge is 2.79. The van der Waals surface area contributed by atoms with Crippen molar-refractivity contribution in [2.75, 3.05) is 4.90 Å². The summed E-state index contributed by atoms with van der Waals surface area (Å²) < 4.78 is 1.10. The number of carbonyl (C=O) groups is 1. The van der Waals surface area contributed by atoms with E-state index < -0.39 is 0 Å². The number of Topliss-reactive ketones (excluding diaryl/α,β-unsaturated/α-hetero) is 1. The van der Waals surface area contributed by atoms with E-state index in [0.29, 0.717) is 5.78 Å². The van der Waals surface area contributed by atoms with Gasteiger partial charge in [0.2, 0.25) is 0 Å². The molecular formula is C16H18BrNO. The van der Waals surface area contributed by atoms with Gasteiger partial charge in [-0.15, -0.1) is 0 Å². The Balaban J connectivity index is 1.79. The van der Waals surface area contributed by atoms with Crippen LogP contribution in [0.2, 0.25) is 0 Å². The second kappa shape index (κ2) is 3.85. The molecule has 2 unspecified atom stereocenters. The summed E-state index contributed by atoms with van der Waals surface area (Å²) >= 11 is 3.49. The van der Waals surface area contributed by atoms with Crippen molar-refractivity contribution in [2.45, 2.75) is 56.0 Å². The largest absolute Gasteiger partial charge is 0.348 e. The number of ketones is 1. The van der Waals surface area contributed by atoms with Crippen LogP contribution < -0.4 is 4.90 Å². The van der Waals surface area contributed by atoms with Crippen LogP contribution >= 0.6 is 15.9 Å². The molecule has 0 amide bonds. The van der Waals surface area contributed by atoms with Crippen molar-refractivity contribution in [3.8, 4) is 0 Å². The molecule has 0 bridgehead atoms. The van der Waals surface area contributed by atoms with Crippen LogP contribution in [0.4, 0.5) is 5.69 Å². The number of benzene rings is 1. The van der Waals surface area contributed by atoms with Crippen molar-refractivity contribution < 1.29 is 4.79 Å². The highest BCUT2D eigenvalue weighted by molar-refractivity contribution is 9.10. The fraction of sp³-hybridized carbons (Fsp3) is 0.562. The van der Waals surface area contributed by atoms with Crippen LogP contribution in [-0.4, -0.2) is 16.9 Å². The summed E-state index contributed by atoms with van der Waals surface area (Å²) in [6, 6.07) is 8.48. The van der Waals surface area contributed by atoms with Crippen LogP contribution in [0.3, 0.4) is 0 Å². The Bertz CT molecular complexity index is 540. The van der Waals surface area contributed by atoms with E-state index in [1.165, 1.54) is 31.4 Å². The number of hydrogen-bond donors (Lipinski definition) is 0. The zero-order chi connectivity index (χ0) is 13.1. The Morgan fingerprint density at radius 2 is 1.74 bits per heavy atom. The quantitative estimate of drug-likeness (QED) is 0.727. The first-order chi connectivity index (χ1) is 9.21. The van der Waals surface area contributed by atoms with E-state index in [-0.39, 0.29) is 11.1 Å². The molecule has 1 aliphatic heterocycles. The van der Waals surface area contributed by atoms with Gasteiger partial charge >= 0.3 is 0 Å². The zero-order valence-electron chi connectivity index (χ0n) is 11.0. The van der Waals surface area contributed by atoms with E-state index in [4.69, 9.17) is 0 Å². The molecule has 1 aromatic rings. The van der Waals surface area contributed by atoms with Crippen LogP contribution in [-0.2, 0) is 4.79 Å². The Morgan fingerprint density at radius 1 is 1.00 bits per heavy atom. The first kappa shape index (κ1) is 12.0. The predicted octanol–water partition coefficient (Wildman–Crippen LogP) is 4.07. The van der Waals surface area contributed by atoms with Gasteiger partial charge in [0.15, 0.2) is 5.78 Å². The minimum absolute atomic E-state index is 0.128. The molecule has 2 nitrogen and oxygen atoms in total. The lowest BCUT2D eigenvalue weighted by molar-refractivity contribution is -0.121. The molecule has 4 rings (SSSR count). The topological polar surface area (TPSA) is 20.1 Å². The summed E-state index contributed by atoms with van der Waals surface area (Å²) in [5.41, 5.74) is 1.28. The van der Waals surface area contributed by atoms with Gasteiger partial charge in [0.25, 0.3) is 0 Å². The van der Waals surface area contributed by atoms with Crippen LogP contribution in [0.5, 0.6) is 0 Å². The number of halogens is 1. The molecule has 3 heteroatoms. The normalized spacial score (nSPS) is 36.7. The summed E-state index contributed by atoms with van der Waals surface area (Å²) in [5, 5.41) is 0. The van der Waals surface area contributed by atoms with E-state index in [0.717, 1.165) is 23.7 Å². The summed E-state index contributed by atoms with van der Waals surface area (Å²) in [6.07, 6.45) is 7.79. The van der Waals surface area contributed by atoms with Gasteiger partial charge in [0.1, 0.15) is 5.54 Å². The van der Waals surface area contributed by atoms with Crippen molar-refractivity contribution in [1.82, 2.24) is 0 Å². The van der Waals surface area contributed by atoms with Gasteiger partial charge in [-0.25, -0.2) is 0 Å². The third-order valence-corrected chi connectivity index (χ3v) is 5.98. The van der Waals surface area contributed by atoms with Gasteiger partial charge in [-0.05, 0) is 56.4 Å².